The second-order valence-electron chi connectivity index (χ2n) is 7.16. The Morgan fingerprint density at radius 2 is 1.92 bits per heavy atom. The van der Waals surface area contributed by atoms with Crippen LogP contribution in [-0.4, -0.2) is 29.2 Å². The summed E-state index contributed by atoms with van der Waals surface area (Å²) < 4.78 is 6.10. The smallest absolute Gasteiger partial charge is 0.150 e. The van der Waals surface area contributed by atoms with Crippen molar-refractivity contribution in [2.24, 2.45) is 5.92 Å². The number of hydrazine groups is 1. The van der Waals surface area contributed by atoms with Crippen molar-refractivity contribution in [2.75, 3.05) is 23.9 Å². The summed E-state index contributed by atoms with van der Waals surface area (Å²) in [5, 5.41) is 3.52. The van der Waals surface area contributed by atoms with Gasteiger partial charge in [-0.2, -0.15) is 0 Å². The number of hydrogen-bond donors (Lipinski definition) is 3. The van der Waals surface area contributed by atoms with Crippen LogP contribution in [0, 0.1) is 5.92 Å². The number of benzene rings is 1. The predicted octanol–water partition coefficient (Wildman–Crippen LogP) is 3.14. The van der Waals surface area contributed by atoms with Crippen molar-refractivity contribution >= 4 is 11.6 Å². The van der Waals surface area contributed by atoms with E-state index in [1.165, 1.54) is 18.4 Å². The molecule has 1 aromatic heterocycles. The molecule has 2 heterocycles. The standard InChI is InChI=1S/C20H27N5O/c1-2-4-15(5-3-1)10-11-26-17-8-6-16(7-9-17)12-21-19-18-13-24-25-20(18)23-14-22-19/h1-5,14,16-17,24H,6-13H2,(H2,21,22,23,25). The highest BCUT2D eigenvalue weighted by molar-refractivity contribution is 5.59. The molecule has 2 aromatic rings. The summed E-state index contributed by atoms with van der Waals surface area (Å²) in [6, 6.07) is 10.6. The van der Waals surface area contributed by atoms with Crippen LogP contribution in [0.3, 0.4) is 0 Å². The van der Waals surface area contributed by atoms with Crippen LogP contribution < -0.4 is 16.2 Å². The molecule has 0 spiro atoms. The minimum Gasteiger partial charge on any atom is -0.378 e. The summed E-state index contributed by atoms with van der Waals surface area (Å²) in [5.41, 5.74) is 8.64. The molecular formula is C20H27N5O. The molecule has 3 N–H and O–H groups in total. The normalized spacial score (nSPS) is 21.8. The van der Waals surface area contributed by atoms with Crippen LogP contribution in [-0.2, 0) is 17.7 Å². The zero-order valence-corrected chi connectivity index (χ0v) is 15.1. The van der Waals surface area contributed by atoms with Crippen LogP contribution in [0.4, 0.5) is 11.6 Å². The SMILES string of the molecule is c1ccc(CCOC2CCC(CNc3ncnc4c3CNN4)CC2)cc1. The van der Waals surface area contributed by atoms with Gasteiger partial charge >= 0.3 is 0 Å². The molecule has 0 bridgehead atoms. The largest absolute Gasteiger partial charge is 0.378 e. The topological polar surface area (TPSA) is 71.1 Å². The third-order valence-corrected chi connectivity index (χ3v) is 5.36. The highest BCUT2D eigenvalue weighted by Gasteiger charge is 2.22. The highest BCUT2D eigenvalue weighted by atomic mass is 16.5. The molecule has 0 saturated heterocycles. The number of fused-ring (bicyclic) bond motifs is 1. The summed E-state index contributed by atoms with van der Waals surface area (Å²) in [5.74, 6) is 2.53. The van der Waals surface area contributed by atoms with Gasteiger partial charge in [-0.1, -0.05) is 30.3 Å². The molecule has 1 aliphatic heterocycles. The van der Waals surface area contributed by atoms with Crippen LogP contribution in [0.1, 0.15) is 36.8 Å². The van der Waals surface area contributed by atoms with E-state index in [2.05, 4.69) is 56.5 Å². The van der Waals surface area contributed by atoms with Gasteiger partial charge in [0, 0.05) is 13.1 Å². The number of nitrogens with one attached hydrogen (secondary N) is 3. The molecule has 0 atom stereocenters. The van der Waals surface area contributed by atoms with Gasteiger partial charge in [-0.15, -0.1) is 0 Å². The second-order valence-corrected chi connectivity index (χ2v) is 7.16. The Bertz CT molecular complexity index is 701. The van der Waals surface area contributed by atoms with Crippen molar-refractivity contribution in [3.8, 4) is 0 Å². The van der Waals surface area contributed by atoms with Crippen LogP contribution >= 0.6 is 0 Å². The fourth-order valence-corrected chi connectivity index (χ4v) is 3.79. The van der Waals surface area contributed by atoms with E-state index >= 15 is 0 Å². The number of anilines is 2. The van der Waals surface area contributed by atoms with Gasteiger partial charge in [0.05, 0.1) is 18.3 Å². The molecule has 6 heteroatoms. The van der Waals surface area contributed by atoms with Crippen molar-refractivity contribution in [3.63, 3.8) is 0 Å². The maximum atomic E-state index is 6.10. The predicted molar refractivity (Wildman–Crippen MR) is 103 cm³/mol. The third-order valence-electron chi connectivity index (χ3n) is 5.36. The monoisotopic (exact) mass is 353 g/mol. The lowest BCUT2D eigenvalue weighted by atomic mass is 9.87. The first-order valence-electron chi connectivity index (χ1n) is 9.60. The summed E-state index contributed by atoms with van der Waals surface area (Å²) >= 11 is 0. The Morgan fingerprint density at radius 3 is 2.77 bits per heavy atom. The molecule has 0 unspecified atom stereocenters. The highest BCUT2D eigenvalue weighted by Crippen LogP contribution is 2.28. The summed E-state index contributed by atoms with van der Waals surface area (Å²) in [4.78, 5) is 8.63. The van der Waals surface area contributed by atoms with E-state index in [0.29, 0.717) is 12.0 Å². The van der Waals surface area contributed by atoms with Gasteiger partial charge in [0.25, 0.3) is 0 Å². The van der Waals surface area contributed by atoms with Crippen LogP contribution in [0.5, 0.6) is 0 Å². The molecule has 1 saturated carbocycles. The maximum Gasteiger partial charge on any atom is 0.150 e. The molecule has 0 radical (unpaired) electrons. The molecule has 4 rings (SSSR count). The van der Waals surface area contributed by atoms with E-state index in [4.69, 9.17) is 4.74 Å². The fourth-order valence-electron chi connectivity index (χ4n) is 3.79. The Labute approximate surface area is 154 Å². The van der Waals surface area contributed by atoms with Gasteiger partial charge in [-0.3, -0.25) is 0 Å². The van der Waals surface area contributed by atoms with Gasteiger partial charge in [-0.05, 0) is 43.6 Å². The number of ether oxygens (including phenoxy) is 1. The van der Waals surface area contributed by atoms with Gasteiger partial charge in [0.15, 0.2) is 0 Å². The lowest BCUT2D eigenvalue weighted by Crippen LogP contribution is -2.26. The Kier molecular flexibility index (Phi) is 5.62. The zero-order chi connectivity index (χ0) is 17.6. The average molecular weight is 353 g/mol. The molecule has 1 fully saturated rings. The van der Waals surface area contributed by atoms with Gasteiger partial charge < -0.3 is 15.5 Å². The first kappa shape index (κ1) is 17.2. The van der Waals surface area contributed by atoms with E-state index in [0.717, 1.165) is 56.2 Å². The van der Waals surface area contributed by atoms with Crippen molar-refractivity contribution in [1.29, 1.82) is 0 Å². The summed E-state index contributed by atoms with van der Waals surface area (Å²) in [7, 11) is 0. The van der Waals surface area contributed by atoms with Crippen molar-refractivity contribution in [1.82, 2.24) is 15.4 Å². The molecule has 1 aromatic carbocycles. The minimum atomic E-state index is 0.423. The molecule has 26 heavy (non-hydrogen) atoms. The van der Waals surface area contributed by atoms with Crippen molar-refractivity contribution in [3.05, 3.63) is 47.8 Å². The van der Waals surface area contributed by atoms with Crippen LogP contribution in [0.15, 0.2) is 36.7 Å². The van der Waals surface area contributed by atoms with Gasteiger partial charge in [0.1, 0.15) is 18.0 Å². The summed E-state index contributed by atoms with van der Waals surface area (Å²) in [6.45, 7) is 2.56. The zero-order valence-electron chi connectivity index (χ0n) is 15.1. The molecule has 138 valence electrons. The fraction of sp³-hybridized carbons (Fsp3) is 0.500. The molecule has 6 nitrogen and oxygen atoms in total. The number of nitrogens with zero attached hydrogens (tertiary/aromatic N) is 2. The lowest BCUT2D eigenvalue weighted by molar-refractivity contribution is 0.0210. The van der Waals surface area contributed by atoms with E-state index in [1.807, 2.05) is 0 Å². The molecule has 0 amide bonds. The first-order chi connectivity index (χ1) is 12.9. The van der Waals surface area contributed by atoms with E-state index in [9.17, 15) is 0 Å². The number of rotatable bonds is 7. The Balaban J connectivity index is 1.17. The third kappa shape index (κ3) is 4.31. The van der Waals surface area contributed by atoms with E-state index in [1.54, 1.807) is 6.33 Å². The molecule has 2 aliphatic rings. The average Bonchev–Trinajstić information content (AvgIpc) is 3.18. The van der Waals surface area contributed by atoms with Crippen molar-refractivity contribution in [2.45, 2.75) is 44.8 Å². The van der Waals surface area contributed by atoms with E-state index < -0.39 is 0 Å². The van der Waals surface area contributed by atoms with Crippen molar-refractivity contribution < 1.29 is 4.74 Å². The van der Waals surface area contributed by atoms with E-state index in [-0.39, 0.29) is 0 Å². The number of aromatic nitrogens is 2. The second kappa shape index (κ2) is 8.47. The Morgan fingerprint density at radius 1 is 1.08 bits per heavy atom. The molecular weight excluding hydrogens is 326 g/mol. The molecule has 1 aliphatic carbocycles. The van der Waals surface area contributed by atoms with Gasteiger partial charge in [0.2, 0.25) is 0 Å². The number of hydrogen-bond acceptors (Lipinski definition) is 6. The van der Waals surface area contributed by atoms with Crippen LogP contribution in [0.2, 0.25) is 0 Å². The summed E-state index contributed by atoms with van der Waals surface area (Å²) in [6.07, 6.45) is 7.78. The first-order valence-corrected chi connectivity index (χ1v) is 9.60. The Hall–Kier alpha value is -2.18. The quantitative estimate of drug-likeness (QED) is 0.710. The lowest BCUT2D eigenvalue weighted by Gasteiger charge is -2.29. The minimum absolute atomic E-state index is 0.423. The van der Waals surface area contributed by atoms with Crippen LogP contribution in [0.25, 0.3) is 0 Å². The van der Waals surface area contributed by atoms with Gasteiger partial charge in [-0.25, -0.2) is 15.4 Å². The maximum absolute atomic E-state index is 6.10.